The van der Waals surface area contributed by atoms with Gasteiger partial charge in [-0.05, 0) is 6.42 Å². The first-order chi connectivity index (χ1) is 9.26. The van der Waals surface area contributed by atoms with Crippen LogP contribution in [0.1, 0.15) is 6.42 Å². The standard InChI is InChI=1S/C14H20N2O3/c1-17-10-4-9-7-15-11-5-13(18-2)14(19-3)6-12(11)16(9)8-10/h5-6,9-10,15H,4,7-8H2,1-3H3. The highest BCUT2D eigenvalue weighted by molar-refractivity contribution is 5.78. The third-order valence-electron chi connectivity index (χ3n) is 4.05. The van der Waals surface area contributed by atoms with Gasteiger partial charge in [-0.25, -0.2) is 0 Å². The van der Waals surface area contributed by atoms with Gasteiger partial charge in [-0.15, -0.1) is 0 Å². The lowest BCUT2D eigenvalue weighted by atomic mass is 10.1. The minimum Gasteiger partial charge on any atom is -0.493 e. The molecule has 1 N–H and O–H groups in total. The van der Waals surface area contributed by atoms with E-state index < -0.39 is 0 Å². The Balaban J connectivity index is 1.98. The zero-order chi connectivity index (χ0) is 13.4. The van der Waals surface area contributed by atoms with Gasteiger partial charge in [0.15, 0.2) is 11.5 Å². The number of nitrogens with one attached hydrogen (secondary N) is 1. The maximum atomic E-state index is 5.49. The van der Waals surface area contributed by atoms with Gasteiger partial charge >= 0.3 is 0 Å². The molecule has 0 radical (unpaired) electrons. The maximum Gasteiger partial charge on any atom is 0.162 e. The van der Waals surface area contributed by atoms with Crippen LogP contribution in [0.4, 0.5) is 11.4 Å². The monoisotopic (exact) mass is 264 g/mol. The molecular formula is C14H20N2O3. The molecule has 2 atom stereocenters. The summed E-state index contributed by atoms with van der Waals surface area (Å²) < 4.78 is 16.2. The van der Waals surface area contributed by atoms with Crippen LogP contribution in [0.3, 0.4) is 0 Å². The van der Waals surface area contributed by atoms with Gasteiger partial charge in [-0.1, -0.05) is 0 Å². The highest BCUT2D eigenvalue weighted by atomic mass is 16.5. The molecule has 1 saturated heterocycles. The molecule has 1 fully saturated rings. The lowest BCUT2D eigenvalue weighted by Gasteiger charge is -2.34. The normalized spacial score (nSPS) is 24.5. The number of fused-ring (bicyclic) bond motifs is 3. The van der Waals surface area contributed by atoms with Crippen LogP contribution in [-0.2, 0) is 4.74 Å². The Kier molecular flexibility index (Phi) is 3.14. The minimum atomic E-state index is 0.311. The Hall–Kier alpha value is -1.62. The topological polar surface area (TPSA) is 43.0 Å². The van der Waals surface area contributed by atoms with Crippen molar-refractivity contribution in [1.82, 2.24) is 0 Å². The molecule has 0 amide bonds. The number of methoxy groups -OCH3 is 3. The molecule has 0 aromatic heterocycles. The summed E-state index contributed by atoms with van der Waals surface area (Å²) in [5.41, 5.74) is 2.28. The average molecular weight is 264 g/mol. The average Bonchev–Trinajstić information content (AvgIpc) is 2.89. The van der Waals surface area contributed by atoms with E-state index in [9.17, 15) is 0 Å². The summed E-state index contributed by atoms with van der Waals surface area (Å²) in [7, 11) is 5.11. The summed E-state index contributed by atoms with van der Waals surface area (Å²) in [5, 5.41) is 3.47. The minimum absolute atomic E-state index is 0.311. The highest BCUT2D eigenvalue weighted by Gasteiger charge is 2.36. The van der Waals surface area contributed by atoms with Gasteiger partial charge in [0.05, 0.1) is 31.7 Å². The molecule has 0 bridgehead atoms. The first kappa shape index (κ1) is 12.4. The third-order valence-corrected chi connectivity index (χ3v) is 4.05. The lowest BCUT2D eigenvalue weighted by molar-refractivity contribution is 0.118. The molecule has 0 spiro atoms. The molecule has 0 aliphatic carbocycles. The van der Waals surface area contributed by atoms with Crippen LogP contribution in [0.5, 0.6) is 11.5 Å². The Morgan fingerprint density at radius 3 is 2.58 bits per heavy atom. The summed E-state index contributed by atoms with van der Waals surface area (Å²) in [6.45, 7) is 1.88. The van der Waals surface area contributed by atoms with E-state index in [0.717, 1.165) is 36.7 Å². The van der Waals surface area contributed by atoms with Crippen LogP contribution in [0.25, 0.3) is 0 Å². The Bertz CT molecular complexity index is 478. The van der Waals surface area contributed by atoms with Crippen LogP contribution < -0.4 is 19.7 Å². The van der Waals surface area contributed by atoms with Gasteiger partial charge in [0.25, 0.3) is 0 Å². The van der Waals surface area contributed by atoms with Crippen molar-refractivity contribution in [3.8, 4) is 11.5 Å². The summed E-state index contributed by atoms with van der Waals surface area (Å²) in [5.74, 6) is 1.53. The number of ether oxygens (including phenoxy) is 3. The van der Waals surface area contributed by atoms with Gasteiger partial charge in [0.1, 0.15) is 0 Å². The Morgan fingerprint density at radius 2 is 1.89 bits per heavy atom. The molecule has 2 aliphatic rings. The number of nitrogens with zero attached hydrogens (tertiary/aromatic N) is 1. The lowest BCUT2D eigenvalue weighted by Crippen LogP contribution is -2.39. The number of benzene rings is 1. The smallest absolute Gasteiger partial charge is 0.162 e. The van der Waals surface area contributed by atoms with Crippen LogP contribution in [-0.4, -0.2) is 46.6 Å². The Labute approximate surface area is 113 Å². The fraction of sp³-hybridized carbons (Fsp3) is 0.571. The summed E-state index contributed by atoms with van der Waals surface area (Å²) >= 11 is 0. The second-order valence-electron chi connectivity index (χ2n) is 5.00. The zero-order valence-corrected chi connectivity index (χ0v) is 11.6. The van der Waals surface area contributed by atoms with Crippen molar-refractivity contribution < 1.29 is 14.2 Å². The zero-order valence-electron chi connectivity index (χ0n) is 11.6. The van der Waals surface area contributed by atoms with E-state index in [1.807, 2.05) is 12.1 Å². The molecule has 5 nitrogen and oxygen atoms in total. The van der Waals surface area contributed by atoms with E-state index in [1.54, 1.807) is 21.3 Å². The molecule has 5 heteroatoms. The van der Waals surface area contributed by atoms with Gasteiger partial charge in [-0.2, -0.15) is 0 Å². The van der Waals surface area contributed by atoms with Crippen LogP contribution >= 0.6 is 0 Å². The first-order valence-corrected chi connectivity index (χ1v) is 6.56. The molecule has 2 heterocycles. The number of hydrogen-bond donors (Lipinski definition) is 1. The quantitative estimate of drug-likeness (QED) is 0.900. The van der Waals surface area contributed by atoms with E-state index in [4.69, 9.17) is 14.2 Å². The van der Waals surface area contributed by atoms with E-state index in [0.29, 0.717) is 12.1 Å². The molecule has 1 aromatic rings. The fourth-order valence-corrected chi connectivity index (χ4v) is 3.01. The summed E-state index contributed by atoms with van der Waals surface area (Å²) in [6.07, 6.45) is 1.38. The van der Waals surface area contributed by atoms with Crippen LogP contribution in [0.15, 0.2) is 12.1 Å². The van der Waals surface area contributed by atoms with Gasteiger partial charge < -0.3 is 24.4 Å². The largest absolute Gasteiger partial charge is 0.493 e. The van der Waals surface area contributed by atoms with Gasteiger partial charge in [0, 0.05) is 38.4 Å². The molecule has 1 aromatic carbocycles. The third kappa shape index (κ3) is 1.98. The van der Waals surface area contributed by atoms with Gasteiger partial charge in [-0.3, -0.25) is 0 Å². The van der Waals surface area contributed by atoms with Crippen molar-refractivity contribution in [3.63, 3.8) is 0 Å². The van der Waals surface area contributed by atoms with E-state index in [2.05, 4.69) is 10.2 Å². The SMILES string of the molecule is COc1cc2c(cc1OC)N1CC(OC)CC1CN2. The summed E-state index contributed by atoms with van der Waals surface area (Å²) in [4.78, 5) is 2.40. The summed E-state index contributed by atoms with van der Waals surface area (Å²) in [6, 6.07) is 4.55. The van der Waals surface area contributed by atoms with Crippen molar-refractivity contribution in [3.05, 3.63) is 12.1 Å². The molecule has 2 aliphatic heterocycles. The van der Waals surface area contributed by atoms with Crippen LogP contribution in [0, 0.1) is 0 Å². The predicted octanol–water partition coefficient (Wildman–Crippen LogP) is 1.72. The highest BCUT2D eigenvalue weighted by Crippen LogP contribution is 2.43. The van der Waals surface area contributed by atoms with Crippen LogP contribution in [0.2, 0.25) is 0 Å². The molecule has 2 unspecified atom stereocenters. The molecular weight excluding hydrogens is 244 g/mol. The molecule has 19 heavy (non-hydrogen) atoms. The maximum absolute atomic E-state index is 5.49. The second kappa shape index (κ2) is 4.81. The molecule has 3 rings (SSSR count). The van der Waals surface area contributed by atoms with Crippen molar-refractivity contribution in [1.29, 1.82) is 0 Å². The van der Waals surface area contributed by atoms with Crippen molar-refractivity contribution >= 4 is 11.4 Å². The second-order valence-corrected chi connectivity index (χ2v) is 5.00. The van der Waals surface area contributed by atoms with Crippen molar-refractivity contribution in [2.24, 2.45) is 0 Å². The number of rotatable bonds is 3. The molecule has 104 valence electrons. The van der Waals surface area contributed by atoms with E-state index >= 15 is 0 Å². The van der Waals surface area contributed by atoms with Gasteiger partial charge in [0.2, 0.25) is 0 Å². The molecule has 0 saturated carbocycles. The Morgan fingerprint density at radius 1 is 1.16 bits per heavy atom. The van der Waals surface area contributed by atoms with Crippen molar-refractivity contribution in [2.45, 2.75) is 18.6 Å². The van der Waals surface area contributed by atoms with Crippen molar-refractivity contribution in [2.75, 3.05) is 44.6 Å². The predicted molar refractivity (Wildman–Crippen MR) is 74.6 cm³/mol. The number of hydrogen-bond acceptors (Lipinski definition) is 5. The fourth-order valence-electron chi connectivity index (χ4n) is 3.01. The van der Waals surface area contributed by atoms with E-state index in [1.165, 1.54) is 5.69 Å². The number of anilines is 2. The van der Waals surface area contributed by atoms with E-state index in [-0.39, 0.29) is 0 Å². The first-order valence-electron chi connectivity index (χ1n) is 6.56.